The molecule has 0 radical (unpaired) electrons. The Balaban J connectivity index is 3.08. The maximum Gasteiger partial charge on any atom is 0.335 e. The van der Waals surface area contributed by atoms with E-state index in [4.69, 9.17) is 9.84 Å². The molecule has 0 fully saturated rings. The molecule has 0 amide bonds. The van der Waals surface area contributed by atoms with Crippen LogP contribution in [0.15, 0.2) is 30.5 Å². The number of allylic oxidation sites excluding steroid dienone is 1. The van der Waals surface area contributed by atoms with Crippen molar-refractivity contribution in [3.63, 3.8) is 0 Å². The summed E-state index contributed by atoms with van der Waals surface area (Å²) < 4.78 is 5.28. The molecule has 74 valence electrons. The molecule has 1 aromatic carbocycles. The van der Waals surface area contributed by atoms with Crippen LogP contribution in [-0.4, -0.2) is 11.1 Å². The van der Waals surface area contributed by atoms with Crippen LogP contribution in [0.25, 0.3) is 0 Å². The van der Waals surface area contributed by atoms with Crippen molar-refractivity contribution in [1.29, 1.82) is 0 Å². The number of benzene rings is 1. The lowest BCUT2D eigenvalue weighted by atomic mass is 10.1. The Morgan fingerprint density at radius 1 is 1.50 bits per heavy atom. The van der Waals surface area contributed by atoms with Gasteiger partial charge in [-0.1, -0.05) is 12.6 Å². The third kappa shape index (κ3) is 2.36. The van der Waals surface area contributed by atoms with Gasteiger partial charge in [0, 0.05) is 0 Å². The largest absolute Gasteiger partial charge is 0.478 e. The molecule has 0 aromatic heterocycles. The van der Waals surface area contributed by atoms with Crippen LogP contribution < -0.4 is 4.74 Å². The lowest BCUT2D eigenvalue weighted by molar-refractivity contribution is 0.0696. The first kappa shape index (κ1) is 10.3. The number of hydrogen-bond acceptors (Lipinski definition) is 2. The predicted octanol–water partition coefficient (Wildman–Crippen LogP) is 2.61. The number of carboxylic acids is 1. The summed E-state index contributed by atoms with van der Waals surface area (Å²) in [5, 5.41) is 8.76. The lowest BCUT2D eigenvalue weighted by Crippen LogP contribution is -1.98. The highest BCUT2D eigenvalue weighted by Crippen LogP contribution is 2.21. The molecular weight excluding hydrogens is 180 g/mol. The van der Waals surface area contributed by atoms with Crippen molar-refractivity contribution < 1.29 is 14.6 Å². The highest BCUT2D eigenvalue weighted by Gasteiger charge is 2.06. The molecule has 3 nitrogen and oxygen atoms in total. The van der Waals surface area contributed by atoms with E-state index in [9.17, 15) is 4.79 Å². The summed E-state index contributed by atoms with van der Waals surface area (Å²) in [5.41, 5.74) is 1.10. The summed E-state index contributed by atoms with van der Waals surface area (Å²) in [4.78, 5) is 10.7. The molecule has 0 atom stereocenters. The second-order valence-electron chi connectivity index (χ2n) is 3.09. The van der Waals surface area contributed by atoms with Gasteiger partial charge in [0.05, 0.1) is 11.3 Å². The van der Waals surface area contributed by atoms with Gasteiger partial charge in [-0.05, 0) is 31.5 Å². The number of hydrogen-bond donors (Lipinski definition) is 1. The van der Waals surface area contributed by atoms with E-state index in [1.807, 2.05) is 6.92 Å². The quantitative estimate of drug-likeness (QED) is 0.749. The Morgan fingerprint density at radius 2 is 2.14 bits per heavy atom. The molecule has 1 aromatic rings. The standard InChI is InChI=1S/C11H12O3/c1-7(2)14-10-6-9(11(12)13)5-4-8(10)3/h4-6H,1H2,2-3H3,(H,12,13). The highest BCUT2D eigenvalue weighted by atomic mass is 16.5. The maximum atomic E-state index is 10.7. The third-order valence-electron chi connectivity index (χ3n) is 1.72. The van der Waals surface area contributed by atoms with Gasteiger partial charge in [0.1, 0.15) is 5.75 Å². The average Bonchev–Trinajstić information content (AvgIpc) is 2.07. The Morgan fingerprint density at radius 3 is 2.64 bits per heavy atom. The molecule has 1 N–H and O–H groups in total. The summed E-state index contributed by atoms with van der Waals surface area (Å²) >= 11 is 0. The number of carboxylic acid groups (broad SMARTS) is 1. The van der Waals surface area contributed by atoms with Gasteiger partial charge in [-0.2, -0.15) is 0 Å². The van der Waals surface area contributed by atoms with E-state index in [1.54, 1.807) is 19.1 Å². The molecule has 0 unspecified atom stereocenters. The number of aryl methyl sites for hydroxylation is 1. The Labute approximate surface area is 82.6 Å². The van der Waals surface area contributed by atoms with Crippen LogP contribution in [0.1, 0.15) is 22.8 Å². The van der Waals surface area contributed by atoms with Gasteiger partial charge in [0.2, 0.25) is 0 Å². The first-order valence-corrected chi connectivity index (χ1v) is 4.18. The average molecular weight is 192 g/mol. The first-order valence-electron chi connectivity index (χ1n) is 4.18. The smallest absolute Gasteiger partial charge is 0.335 e. The number of ether oxygens (including phenoxy) is 1. The Hall–Kier alpha value is -1.77. The van der Waals surface area contributed by atoms with Gasteiger partial charge in [-0.3, -0.25) is 0 Å². The molecule has 0 aliphatic rings. The fraction of sp³-hybridized carbons (Fsp3) is 0.182. The monoisotopic (exact) mass is 192 g/mol. The molecule has 1 rings (SSSR count). The summed E-state index contributed by atoms with van der Waals surface area (Å²) in [5.74, 6) is 0.115. The zero-order valence-corrected chi connectivity index (χ0v) is 8.20. The van der Waals surface area contributed by atoms with Crippen molar-refractivity contribution in [3.8, 4) is 5.75 Å². The topological polar surface area (TPSA) is 46.5 Å². The Kier molecular flexibility index (Phi) is 2.92. The molecular formula is C11H12O3. The zero-order chi connectivity index (χ0) is 10.7. The van der Waals surface area contributed by atoms with Gasteiger partial charge in [-0.25, -0.2) is 4.79 Å². The molecule has 0 heterocycles. The van der Waals surface area contributed by atoms with Crippen LogP contribution >= 0.6 is 0 Å². The van der Waals surface area contributed by atoms with Gasteiger partial charge in [0.25, 0.3) is 0 Å². The van der Waals surface area contributed by atoms with E-state index >= 15 is 0 Å². The fourth-order valence-electron chi connectivity index (χ4n) is 1.03. The van der Waals surface area contributed by atoms with Crippen molar-refractivity contribution in [1.82, 2.24) is 0 Å². The predicted molar refractivity (Wildman–Crippen MR) is 53.6 cm³/mol. The van der Waals surface area contributed by atoms with Crippen molar-refractivity contribution in [2.75, 3.05) is 0 Å². The van der Waals surface area contributed by atoms with Gasteiger partial charge in [0.15, 0.2) is 0 Å². The molecule has 0 spiro atoms. The Bertz CT molecular complexity index is 380. The van der Waals surface area contributed by atoms with Crippen molar-refractivity contribution >= 4 is 5.97 Å². The van der Waals surface area contributed by atoms with E-state index in [-0.39, 0.29) is 5.56 Å². The van der Waals surface area contributed by atoms with Crippen molar-refractivity contribution in [2.45, 2.75) is 13.8 Å². The van der Waals surface area contributed by atoms with E-state index in [1.165, 1.54) is 6.07 Å². The van der Waals surface area contributed by atoms with E-state index in [0.29, 0.717) is 11.5 Å². The minimum Gasteiger partial charge on any atom is -0.478 e. The van der Waals surface area contributed by atoms with Crippen LogP contribution in [0.4, 0.5) is 0 Å². The third-order valence-corrected chi connectivity index (χ3v) is 1.72. The lowest BCUT2D eigenvalue weighted by Gasteiger charge is -2.08. The van der Waals surface area contributed by atoms with Gasteiger partial charge >= 0.3 is 5.97 Å². The van der Waals surface area contributed by atoms with E-state index in [0.717, 1.165) is 5.56 Å². The second-order valence-corrected chi connectivity index (χ2v) is 3.09. The van der Waals surface area contributed by atoms with Gasteiger partial charge in [-0.15, -0.1) is 0 Å². The second kappa shape index (κ2) is 3.96. The van der Waals surface area contributed by atoms with E-state index in [2.05, 4.69) is 6.58 Å². The summed E-state index contributed by atoms with van der Waals surface area (Å²) in [6.07, 6.45) is 0. The van der Waals surface area contributed by atoms with Crippen LogP contribution in [0.5, 0.6) is 5.75 Å². The zero-order valence-electron chi connectivity index (χ0n) is 8.20. The highest BCUT2D eigenvalue weighted by molar-refractivity contribution is 5.88. The van der Waals surface area contributed by atoms with Crippen molar-refractivity contribution in [2.24, 2.45) is 0 Å². The van der Waals surface area contributed by atoms with E-state index < -0.39 is 5.97 Å². The van der Waals surface area contributed by atoms with Gasteiger partial charge < -0.3 is 9.84 Å². The molecule has 0 aliphatic carbocycles. The SMILES string of the molecule is C=C(C)Oc1cc(C(=O)O)ccc1C. The minimum absolute atomic E-state index is 0.215. The number of rotatable bonds is 3. The number of aromatic carboxylic acids is 1. The summed E-state index contributed by atoms with van der Waals surface area (Å²) in [6, 6.07) is 4.75. The minimum atomic E-state index is -0.962. The van der Waals surface area contributed by atoms with Crippen molar-refractivity contribution in [3.05, 3.63) is 41.7 Å². The van der Waals surface area contributed by atoms with Crippen LogP contribution in [0.2, 0.25) is 0 Å². The number of carbonyl (C=O) groups is 1. The fourth-order valence-corrected chi connectivity index (χ4v) is 1.03. The normalized spacial score (nSPS) is 9.57. The van der Waals surface area contributed by atoms with Crippen LogP contribution in [0, 0.1) is 6.92 Å². The van der Waals surface area contributed by atoms with Crippen LogP contribution in [0.3, 0.4) is 0 Å². The summed E-state index contributed by atoms with van der Waals surface area (Å²) in [6.45, 7) is 7.16. The molecule has 0 saturated carbocycles. The molecule has 0 bridgehead atoms. The molecule has 3 heteroatoms. The first-order chi connectivity index (χ1) is 6.50. The molecule has 0 aliphatic heterocycles. The maximum absolute atomic E-state index is 10.7. The van der Waals surface area contributed by atoms with Crippen LogP contribution in [-0.2, 0) is 0 Å². The molecule has 14 heavy (non-hydrogen) atoms. The summed E-state index contributed by atoms with van der Waals surface area (Å²) in [7, 11) is 0. The molecule has 0 saturated heterocycles.